The summed E-state index contributed by atoms with van der Waals surface area (Å²) in [4.78, 5) is 36.6. The summed E-state index contributed by atoms with van der Waals surface area (Å²) in [5.74, 6) is -0.267. The van der Waals surface area contributed by atoms with Crippen LogP contribution in [0, 0.1) is 6.92 Å². The number of anilines is 2. The first-order valence-corrected chi connectivity index (χ1v) is 9.72. The summed E-state index contributed by atoms with van der Waals surface area (Å²) in [6, 6.07) is 14.8. The first-order valence-electron chi connectivity index (χ1n) is 9.72. The first-order chi connectivity index (χ1) is 14.8. The molecule has 8 nitrogen and oxygen atoms in total. The van der Waals surface area contributed by atoms with Gasteiger partial charge in [-0.3, -0.25) is 14.4 Å². The van der Waals surface area contributed by atoms with E-state index in [-0.39, 0.29) is 5.91 Å². The highest BCUT2D eigenvalue weighted by atomic mass is 16.5. The van der Waals surface area contributed by atoms with Gasteiger partial charge in [0.1, 0.15) is 11.8 Å². The fourth-order valence-electron chi connectivity index (χ4n) is 3.02. The van der Waals surface area contributed by atoms with Gasteiger partial charge >= 0.3 is 0 Å². The molecule has 1 aromatic heterocycles. The van der Waals surface area contributed by atoms with E-state index in [0.29, 0.717) is 22.8 Å². The van der Waals surface area contributed by atoms with Gasteiger partial charge in [0.25, 0.3) is 5.56 Å². The van der Waals surface area contributed by atoms with Crippen molar-refractivity contribution < 1.29 is 14.3 Å². The van der Waals surface area contributed by atoms with Gasteiger partial charge in [0.2, 0.25) is 11.8 Å². The molecular formula is C23H24N4O4. The topological polar surface area (TPSA) is 102 Å². The quantitative estimate of drug-likeness (QED) is 0.636. The molecule has 1 unspecified atom stereocenters. The number of nitrogens with one attached hydrogen (secondary N) is 2. The van der Waals surface area contributed by atoms with E-state index in [1.807, 2.05) is 31.2 Å². The van der Waals surface area contributed by atoms with Crippen molar-refractivity contribution in [1.82, 2.24) is 9.78 Å². The van der Waals surface area contributed by atoms with Crippen molar-refractivity contribution in [3.63, 3.8) is 0 Å². The van der Waals surface area contributed by atoms with E-state index in [4.69, 9.17) is 4.74 Å². The van der Waals surface area contributed by atoms with Crippen LogP contribution >= 0.6 is 0 Å². The van der Waals surface area contributed by atoms with Crippen molar-refractivity contribution in [3.8, 4) is 17.0 Å². The number of amides is 2. The molecule has 2 amide bonds. The van der Waals surface area contributed by atoms with E-state index in [2.05, 4.69) is 15.7 Å². The lowest BCUT2D eigenvalue weighted by molar-refractivity contribution is -0.119. The van der Waals surface area contributed by atoms with Crippen molar-refractivity contribution in [2.45, 2.75) is 26.8 Å². The van der Waals surface area contributed by atoms with Crippen molar-refractivity contribution in [1.29, 1.82) is 0 Å². The Kier molecular flexibility index (Phi) is 6.49. The van der Waals surface area contributed by atoms with E-state index in [0.717, 1.165) is 15.8 Å². The normalized spacial score (nSPS) is 11.5. The molecule has 0 aliphatic heterocycles. The molecule has 31 heavy (non-hydrogen) atoms. The maximum atomic E-state index is 12.9. The molecule has 0 fully saturated rings. The number of hydrogen-bond acceptors (Lipinski definition) is 5. The zero-order valence-corrected chi connectivity index (χ0v) is 17.8. The highest BCUT2D eigenvalue weighted by Crippen LogP contribution is 2.28. The van der Waals surface area contributed by atoms with Gasteiger partial charge in [0.15, 0.2) is 0 Å². The number of carbonyl (C=O) groups is 2. The van der Waals surface area contributed by atoms with Crippen LogP contribution in [0.4, 0.5) is 11.4 Å². The summed E-state index contributed by atoms with van der Waals surface area (Å²) >= 11 is 0. The number of aryl methyl sites for hydroxylation is 1. The molecule has 0 spiro atoms. The Bertz CT molecular complexity index is 1170. The summed E-state index contributed by atoms with van der Waals surface area (Å²) in [6.07, 6.45) is 0. The van der Waals surface area contributed by atoms with Crippen LogP contribution in [0.1, 0.15) is 25.5 Å². The Morgan fingerprint density at radius 2 is 1.74 bits per heavy atom. The predicted molar refractivity (Wildman–Crippen MR) is 119 cm³/mol. The third kappa shape index (κ3) is 5.16. The summed E-state index contributed by atoms with van der Waals surface area (Å²) in [5, 5.41) is 9.80. The minimum absolute atomic E-state index is 0.237. The van der Waals surface area contributed by atoms with E-state index >= 15 is 0 Å². The lowest BCUT2D eigenvalue weighted by atomic mass is 10.1. The SMILES string of the molecule is COc1ccc(NC(C)=O)cc1NC(=O)C(C)n1nc(-c2ccc(C)cc2)ccc1=O. The third-order valence-electron chi connectivity index (χ3n) is 4.70. The van der Waals surface area contributed by atoms with Gasteiger partial charge in [0, 0.05) is 24.2 Å². The fraction of sp³-hybridized carbons (Fsp3) is 0.217. The second-order valence-corrected chi connectivity index (χ2v) is 7.13. The molecule has 0 aliphatic carbocycles. The van der Waals surface area contributed by atoms with Gasteiger partial charge in [-0.1, -0.05) is 29.8 Å². The highest BCUT2D eigenvalue weighted by molar-refractivity contribution is 5.96. The Morgan fingerprint density at radius 1 is 1.03 bits per heavy atom. The number of methoxy groups -OCH3 is 1. The van der Waals surface area contributed by atoms with E-state index < -0.39 is 17.5 Å². The number of aromatic nitrogens is 2. The number of hydrogen-bond donors (Lipinski definition) is 2. The second-order valence-electron chi connectivity index (χ2n) is 7.13. The van der Waals surface area contributed by atoms with Crippen LogP contribution in [0.2, 0.25) is 0 Å². The summed E-state index contributed by atoms with van der Waals surface area (Å²) < 4.78 is 6.44. The molecule has 160 valence electrons. The number of benzene rings is 2. The largest absolute Gasteiger partial charge is 0.495 e. The standard InChI is InChI=1S/C23H24N4O4/c1-14-5-7-17(8-6-14)19-10-12-22(29)27(26-19)15(2)23(30)25-20-13-18(24-16(3)28)9-11-21(20)31-4/h5-13,15H,1-4H3,(H,24,28)(H,25,30). The molecular weight excluding hydrogens is 396 g/mol. The summed E-state index contributed by atoms with van der Waals surface area (Å²) in [5.41, 5.74) is 3.03. The lowest BCUT2D eigenvalue weighted by Gasteiger charge is -2.17. The van der Waals surface area contributed by atoms with Gasteiger partial charge in [-0.15, -0.1) is 0 Å². The van der Waals surface area contributed by atoms with E-state index in [1.54, 1.807) is 31.2 Å². The van der Waals surface area contributed by atoms with E-state index in [1.165, 1.54) is 20.1 Å². The average Bonchev–Trinajstić information content (AvgIpc) is 2.74. The molecule has 0 aliphatic rings. The van der Waals surface area contributed by atoms with Crippen molar-refractivity contribution in [2.24, 2.45) is 0 Å². The maximum absolute atomic E-state index is 12.9. The third-order valence-corrected chi connectivity index (χ3v) is 4.70. The zero-order chi connectivity index (χ0) is 22.5. The predicted octanol–water partition coefficient (Wildman–Crippen LogP) is 3.39. The van der Waals surface area contributed by atoms with Crippen LogP contribution in [-0.4, -0.2) is 28.7 Å². The molecule has 3 rings (SSSR count). The summed E-state index contributed by atoms with van der Waals surface area (Å²) in [7, 11) is 1.48. The number of rotatable bonds is 6. The molecule has 0 saturated carbocycles. The van der Waals surface area contributed by atoms with Gasteiger partial charge in [-0.25, -0.2) is 4.68 Å². The molecule has 3 aromatic rings. The average molecular weight is 420 g/mol. The summed E-state index contributed by atoms with van der Waals surface area (Å²) in [6.45, 7) is 4.97. The van der Waals surface area contributed by atoms with Crippen molar-refractivity contribution >= 4 is 23.2 Å². The van der Waals surface area contributed by atoms with Gasteiger partial charge in [-0.2, -0.15) is 5.10 Å². The fourth-order valence-corrected chi connectivity index (χ4v) is 3.02. The number of nitrogens with zero attached hydrogens (tertiary/aromatic N) is 2. The zero-order valence-electron chi connectivity index (χ0n) is 17.8. The highest BCUT2D eigenvalue weighted by Gasteiger charge is 2.20. The lowest BCUT2D eigenvalue weighted by Crippen LogP contribution is -2.33. The number of ether oxygens (including phenoxy) is 1. The Labute approximate surface area is 179 Å². The molecule has 1 atom stereocenters. The molecule has 8 heteroatoms. The first kappa shape index (κ1) is 21.8. The van der Waals surface area contributed by atoms with Crippen LogP contribution in [0.15, 0.2) is 59.4 Å². The van der Waals surface area contributed by atoms with Gasteiger partial charge < -0.3 is 15.4 Å². The minimum Gasteiger partial charge on any atom is -0.495 e. The molecule has 0 bridgehead atoms. The molecule has 1 heterocycles. The van der Waals surface area contributed by atoms with Gasteiger partial charge in [-0.05, 0) is 38.1 Å². The second kappa shape index (κ2) is 9.25. The Morgan fingerprint density at radius 3 is 2.39 bits per heavy atom. The van der Waals surface area contributed by atoms with Crippen LogP contribution in [0.25, 0.3) is 11.3 Å². The Hall–Kier alpha value is -3.94. The van der Waals surface area contributed by atoms with Crippen molar-refractivity contribution in [2.75, 3.05) is 17.7 Å². The Balaban J connectivity index is 1.88. The minimum atomic E-state index is -0.882. The van der Waals surface area contributed by atoms with Crippen LogP contribution in [0.3, 0.4) is 0 Å². The maximum Gasteiger partial charge on any atom is 0.267 e. The molecule has 0 saturated heterocycles. The molecule has 0 radical (unpaired) electrons. The monoisotopic (exact) mass is 420 g/mol. The number of carbonyl (C=O) groups excluding carboxylic acids is 2. The van der Waals surface area contributed by atoms with Crippen LogP contribution < -0.4 is 20.9 Å². The van der Waals surface area contributed by atoms with E-state index in [9.17, 15) is 14.4 Å². The van der Waals surface area contributed by atoms with Crippen LogP contribution in [-0.2, 0) is 9.59 Å². The van der Waals surface area contributed by atoms with Gasteiger partial charge in [0.05, 0.1) is 18.5 Å². The molecule has 2 N–H and O–H groups in total. The molecule has 2 aromatic carbocycles. The van der Waals surface area contributed by atoms with Crippen molar-refractivity contribution in [3.05, 3.63) is 70.5 Å². The smallest absolute Gasteiger partial charge is 0.267 e. The van der Waals surface area contributed by atoms with Crippen LogP contribution in [0.5, 0.6) is 5.75 Å².